The Morgan fingerprint density at radius 3 is 2.69 bits per heavy atom. The Hall–Kier alpha value is -0.610. The van der Waals surface area contributed by atoms with E-state index in [9.17, 15) is 4.79 Å². The zero-order valence-electron chi connectivity index (χ0n) is 10.7. The molecule has 1 rings (SSSR count). The number of nitrogens with two attached hydrogens (primary N) is 2. The molecule has 1 heterocycles. The van der Waals surface area contributed by atoms with E-state index in [1.54, 1.807) is 6.92 Å². The molecule has 16 heavy (non-hydrogen) atoms. The van der Waals surface area contributed by atoms with E-state index >= 15 is 0 Å². The molecule has 1 aliphatic heterocycles. The Balaban J connectivity index is 2.57. The average Bonchev–Trinajstić information content (AvgIpc) is 2.17. The third-order valence-corrected chi connectivity index (χ3v) is 3.70. The lowest BCUT2D eigenvalue weighted by atomic mass is 9.91. The second-order valence-electron chi connectivity index (χ2n) is 5.42. The van der Waals surface area contributed by atoms with Gasteiger partial charge in [0, 0.05) is 12.1 Å². The summed E-state index contributed by atoms with van der Waals surface area (Å²) in [6, 6.07) is 0.908. The summed E-state index contributed by atoms with van der Waals surface area (Å²) in [4.78, 5) is 13.6. The van der Waals surface area contributed by atoms with Crippen LogP contribution in [0.15, 0.2) is 0 Å². The van der Waals surface area contributed by atoms with Crippen LogP contribution in [0.2, 0.25) is 0 Å². The van der Waals surface area contributed by atoms with E-state index < -0.39 is 11.4 Å². The zero-order valence-corrected chi connectivity index (χ0v) is 10.7. The molecule has 1 fully saturated rings. The highest BCUT2D eigenvalue weighted by Crippen LogP contribution is 2.22. The third-order valence-electron chi connectivity index (χ3n) is 3.70. The highest BCUT2D eigenvalue weighted by molar-refractivity contribution is 5.83. The van der Waals surface area contributed by atoms with Gasteiger partial charge in [0.1, 0.15) is 0 Å². The van der Waals surface area contributed by atoms with Crippen LogP contribution in [0.4, 0.5) is 0 Å². The second kappa shape index (κ2) is 5.15. The number of carbonyl (C=O) groups is 1. The molecule has 1 amide bonds. The van der Waals surface area contributed by atoms with Crippen molar-refractivity contribution in [2.24, 2.45) is 11.5 Å². The van der Waals surface area contributed by atoms with Crippen LogP contribution >= 0.6 is 0 Å². The summed E-state index contributed by atoms with van der Waals surface area (Å²) in [5.74, 6) is -0.413. The van der Waals surface area contributed by atoms with Gasteiger partial charge in [-0.25, -0.2) is 0 Å². The molecule has 4 N–H and O–H groups in total. The molecule has 94 valence electrons. The van der Waals surface area contributed by atoms with Crippen molar-refractivity contribution in [1.82, 2.24) is 4.90 Å². The van der Waals surface area contributed by atoms with Gasteiger partial charge in [0.05, 0.1) is 5.54 Å². The smallest absolute Gasteiger partial charge is 0.237 e. The molecule has 4 nitrogen and oxygen atoms in total. The Morgan fingerprint density at radius 1 is 1.56 bits per heavy atom. The largest absolute Gasteiger partial charge is 0.368 e. The number of piperidine rings is 1. The predicted molar refractivity (Wildman–Crippen MR) is 65.9 cm³/mol. The van der Waals surface area contributed by atoms with E-state index in [2.05, 4.69) is 18.7 Å². The number of nitrogens with zero attached hydrogens (tertiary/aromatic N) is 1. The van der Waals surface area contributed by atoms with Crippen LogP contribution in [0.1, 0.15) is 46.5 Å². The first-order valence-electron chi connectivity index (χ1n) is 6.19. The van der Waals surface area contributed by atoms with Crippen molar-refractivity contribution in [3.05, 3.63) is 0 Å². The quantitative estimate of drug-likeness (QED) is 0.747. The summed E-state index contributed by atoms with van der Waals surface area (Å²) in [5, 5.41) is 0. The number of amides is 1. The molecule has 0 radical (unpaired) electrons. The highest BCUT2D eigenvalue weighted by Gasteiger charge is 2.32. The summed E-state index contributed by atoms with van der Waals surface area (Å²) in [7, 11) is 0. The lowest BCUT2D eigenvalue weighted by Gasteiger charge is -2.40. The van der Waals surface area contributed by atoms with Gasteiger partial charge in [-0.2, -0.15) is 0 Å². The van der Waals surface area contributed by atoms with E-state index in [0.29, 0.717) is 18.5 Å². The van der Waals surface area contributed by atoms with Crippen molar-refractivity contribution >= 4 is 5.91 Å². The molecule has 0 bridgehead atoms. The van der Waals surface area contributed by atoms with Crippen LogP contribution < -0.4 is 11.5 Å². The van der Waals surface area contributed by atoms with Crippen LogP contribution in [0.3, 0.4) is 0 Å². The Bertz CT molecular complexity index is 253. The van der Waals surface area contributed by atoms with E-state index in [1.165, 1.54) is 19.3 Å². The Morgan fingerprint density at radius 2 is 2.19 bits per heavy atom. The van der Waals surface area contributed by atoms with Crippen molar-refractivity contribution in [2.75, 3.05) is 6.54 Å². The minimum atomic E-state index is -0.892. The minimum Gasteiger partial charge on any atom is -0.368 e. The third kappa shape index (κ3) is 3.19. The first kappa shape index (κ1) is 13.5. The Kier molecular flexibility index (Phi) is 4.33. The van der Waals surface area contributed by atoms with E-state index in [0.717, 1.165) is 6.54 Å². The van der Waals surface area contributed by atoms with Crippen molar-refractivity contribution in [2.45, 2.75) is 64.1 Å². The van der Waals surface area contributed by atoms with Crippen LogP contribution in [0.5, 0.6) is 0 Å². The number of hydrogen-bond donors (Lipinski definition) is 2. The van der Waals surface area contributed by atoms with Gasteiger partial charge >= 0.3 is 0 Å². The summed E-state index contributed by atoms with van der Waals surface area (Å²) < 4.78 is 0. The van der Waals surface area contributed by atoms with Crippen molar-refractivity contribution in [3.8, 4) is 0 Å². The second-order valence-corrected chi connectivity index (χ2v) is 5.42. The van der Waals surface area contributed by atoms with Crippen LogP contribution in [0.25, 0.3) is 0 Å². The maximum atomic E-state index is 11.2. The molecule has 3 atom stereocenters. The Labute approximate surface area is 98.3 Å². The highest BCUT2D eigenvalue weighted by atomic mass is 16.1. The minimum absolute atomic E-state index is 0.317. The summed E-state index contributed by atoms with van der Waals surface area (Å²) in [6.07, 6.45) is 4.42. The SMILES string of the molecule is CC1CCCCN1C(C)CC(C)(N)C(N)=O. The molecule has 0 aromatic carbocycles. The van der Waals surface area contributed by atoms with Crippen LogP contribution in [0, 0.1) is 0 Å². The fourth-order valence-electron chi connectivity index (χ4n) is 2.61. The molecule has 1 saturated heterocycles. The topological polar surface area (TPSA) is 72.3 Å². The maximum Gasteiger partial charge on any atom is 0.237 e. The van der Waals surface area contributed by atoms with Gasteiger partial charge in [-0.1, -0.05) is 6.42 Å². The molecule has 0 aromatic heterocycles. The van der Waals surface area contributed by atoms with E-state index in [4.69, 9.17) is 11.5 Å². The number of likely N-dealkylation sites (tertiary alicyclic amines) is 1. The molecule has 0 saturated carbocycles. The fraction of sp³-hybridized carbons (Fsp3) is 0.917. The lowest BCUT2D eigenvalue weighted by molar-refractivity contribution is -0.123. The molecular formula is C12H25N3O. The van der Waals surface area contributed by atoms with Gasteiger partial charge in [-0.05, 0) is 46.6 Å². The molecular weight excluding hydrogens is 202 g/mol. The molecule has 0 spiro atoms. The normalized spacial score (nSPS) is 28.4. The van der Waals surface area contributed by atoms with Crippen molar-refractivity contribution in [1.29, 1.82) is 0 Å². The van der Waals surface area contributed by atoms with Gasteiger partial charge in [0.15, 0.2) is 0 Å². The first-order valence-corrected chi connectivity index (χ1v) is 6.19. The van der Waals surface area contributed by atoms with Crippen LogP contribution in [-0.4, -0.2) is 35.0 Å². The van der Waals surface area contributed by atoms with Crippen molar-refractivity contribution < 1.29 is 4.79 Å². The van der Waals surface area contributed by atoms with Gasteiger partial charge in [-0.15, -0.1) is 0 Å². The number of rotatable bonds is 4. The number of carbonyl (C=O) groups excluding carboxylic acids is 1. The van der Waals surface area contributed by atoms with Crippen molar-refractivity contribution in [3.63, 3.8) is 0 Å². The average molecular weight is 227 g/mol. The summed E-state index contributed by atoms with van der Waals surface area (Å²) in [5.41, 5.74) is 10.3. The number of hydrogen-bond acceptors (Lipinski definition) is 3. The predicted octanol–water partition coefficient (Wildman–Crippen LogP) is 0.842. The monoisotopic (exact) mass is 227 g/mol. The molecule has 0 aliphatic carbocycles. The molecule has 4 heteroatoms. The standard InChI is InChI=1S/C12H25N3O/c1-9-6-4-5-7-15(9)10(2)8-12(3,14)11(13)16/h9-10H,4-8,14H2,1-3H3,(H2,13,16). The summed E-state index contributed by atoms with van der Waals surface area (Å²) >= 11 is 0. The van der Waals surface area contributed by atoms with Crippen LogP contribution in [-0.2, 0) is 4.79 Å². The van der Waals surface area contributed by atoms with Gasteiger partial charge in [-0.3, -0.25) is 9.69 Å². The van der Waals surface area contributed by atoms with Gasteiger partial charge < -0.3 is 11.5 Å². The first-order chi connectivity index (χ1) is 7.34. The van der Waals surface area contributed by atoms with Gasteiger partial charge in [0.2, 0.25) is 5.91 Å². The molecule has 0 aromatic rings. The maximum absolute atomic E-state index is 11.2. The fourth-order valence-corrected chi connectivity index (χ4v) is 2.61. The number of primary amides is 1. The lowest BCUT2D eigenvalue weighted by Crippen LogP contribution is -2.55. The van der Waals surface area contributed by atoms with Gasteiger partial charge in [0.25, 0.3) is 0 Å². The molecule has 1 aliphatic rings. The molecule has 3 unspecified atom stereocenters. The zero-order chi connectivity index (χ0) is 12.3. The van der Waals surface area contributed by atoms with E-state index in [-0.39, 0.29) is 0 Å². The summed E-state index contributed by atoms with van der Waals surface area (Å²) in [6.45, 7) is 7.21. The van der Waals surface area contributed by atoms with E-state index in [1.807, 2.05) is 0 Å².